The maximum Gasteiger partial charge on any atom is 0.348 e. The second-order valence-corrected chi connectivity index (χ2v) is 8.47. The van der Waals surface area contributed by atoms with Crippen molar-refractivity contribution in [3.05, 3.63) is 69.8 Å². The topological polar surface area (TPSA) is 167 Å². The van der Waals surface area contributed by atoms with Crippen molar-refractivity contribution in [2.24, 2.45) is 0 Å². The van der Waals surface area contributed by atoms with Crippen molar-refractivity contribution in [2.75, 3.05) is 0 Å². The number of hydrogen-bond donors (Lipinski definition) is 3. The Labute approximate surface area is 204 Å². The molecule has 12 heteroatoms. The molecule has 2 amide bonds. The van der Waals surface area contributed by atoms with Crippen LogP contribution in [0.25, 0.3) is 17.1 Å². The predicted octanol–water partition coefficient (Wildman–Crippen LogP) is 2.64. The second kappa shape index (κ2) is 9.49. The summed E-state index contributed by atoms with van der Waals surface area (Å²) in [5.74, 6) is -1.48. The standard InChI is InChI=1S/C24H24N6O6/c1-12(2)17-9-18(20(33)10-19(17)32)21-26-28-24(35)30(21)16-7-5-15(6-8-16)11-29(14(4)31)23(34)22-27-25-13(3)36-22/h5-10,12,32-33H,11H2,1-4H3,(H,28,35). The summed E-state index contributed by atoms with van der Waals surface area (Å²) in [6.45, 7) is 6.51. The lowest BCUT2D eigenvalue weighted by Gasteiger charge is -2.17. The normalized spacial score (nSPS) is 11.1. The first-order valence-corrected chi connectivity index (χ1v) is 11.0. The van der Waals surface area contributed by atoms with Gasteiger partial charge >= 0.3 is 17.5 Å². The molecule has 3 N–H and O–H groups in total. The number of nitrogens with one attached hydrogen (secondary N) is 1. The molecule has 0 bridgehead atoms. The molecule has 4 aromatic rings. The number of hydrogen-bond acceptors (Lipinski definition) is 9. The van der Waals surface area contributed by atoms with E-state index < -0.39 is 17.5 Å². The molecule has 0 atom stereocenters. The SMILES string of the molecule is CC(=O)N(Cc1ccc(-n2c(-c3cc(C(C)C)c(O)cc3O)n[nH]c2=O)cc1)C(=O)c1nnc(C)o1. The lowest BCUT2D eigenvalue weighted by atomic mass is 9.98. The first kappa shape index (κ1) is 24.4. The molecule has 0 aliphatic carbocycles. The van der Waals surface area contributed by atoms with Crippen LogP contribution in [0.3, 0.4) is 0 Å². The summed E-state index contributed by atoms with van der Waals surface area (Å²) in [6, 6.07) is 9.35. The quantitative estimate of drug-likeness (QED) is 0.366. The number of aromatic nitrogens is 5. The molecule has 0 spiro atoms. The van der Waals surface area contributed by atoms with E-state index in [9.17, 15) is 24.6 Å². The molecule has 0 unspecified atom stereocenters. The van der Waals surface area contributed by atoms with Crippen molar-refractivity contribution in [2.45, 2.75) is 40.2 Å². The van der Waals surface area contributed by atoms with E-state index in [1.807, 2.05) is 13.8 Å². The minimum atomic E-state index is -0.718. The van der Waals surface area contributed by atoms with Gasteiger partial charge in [0.2, 0.25) is 11.8 Å². The molecule has 0 fully saturated rings. The number of rotatable bonds is 6. The van der Waals surface area contributed by atoms with Gasteiger partial charge in [-0.1, -0.05) is 26.0 Å². The first-order valence-electron chi connectivity index (χ1n) is 11.0. The molecular formula is C24H24N6O6. The number of carbonyl (C=O) groups excluding carboxylic acids is 2. The van der Waals surface area contributed by atoms with Gasteiger partial charge in [0.15, 0.2) is 5.82 Å². The number of carbonyl (C=O) groups is 2. The average Bonchev–Trinajstić information content (AvgIpc) is 3.42. The van der Waals surface area contributed by atoms with E-state index in [1.165, 1.54) is 24.5 Å². The molecule has 186 valence electrons. The van der Waals surface area contributed by atoms with Crippen LogP contribution in [-0.2, 0) is 11.3 Å². The third kappa shape index (κ3) is 4.60. The van der Waals surface area contributed by atoms with Crippen molar-refractivity contribution >= 4 is 11.8 Å². The number of phenols is 2. The molecule has 0 aliphatic rings. The Morgan fingerprint density at radius 1 is 1.11 bits per heavy atom. The number of amides is 2. The summed E-state index contributed by atoms with van der Waals surface area (Å²) < 4.78 is 6.41. The van der Waals surface area contributed by atoms with Gasteiger partial charge in [0.05, 0.1) is 17.8 Å². The van der Waals surface area contributed by atoms with Gasteiger partial charge in [-0.3, -0.25) is 14.5 Å². The molecule has 0 radical (unpaired) electrons. The molecule has 2 aromatic carbocycles. The molecule has 0 aliphatic heterocycles. The van der Waals surface area contributed by atoms with E-state index in [1.54, 1.807) is 30.3 Å². The number of imide groups is 1. The highest BCUT2D eigenvalue weighted by atomic mass is 16.4. The fraction of sp³-hybridized carbons (Fsp3) is 0.250. The van der Waals surface area contributed by atoms with Gasteiger partial charge in [-0.15, -0.1) is 10.2 Å². The van der Waals surface area contributed by atoms with E-state index in [0.717, 1.165) is 4.90 Å². The van der Waals surface area contributed by atoms with Crippen LogP contribution < -0.4 is 5.69 Å². The van der Waals surface area contributed by atoms with Gasteiger partial charge in [-0.25, -0.2) is 14.5 Å². The molecule has 2 heterocycles. The van der Waals surface area contributed by atoms with E-state index >= 15 is 0 Å². The third-order valence-corrected chi connectivity index (χ3v) is 5.55. The molecule has 2 aromatic heterocycles. The second-order valence-electron chi connectivity index (χ2n) is 8.47. The summed E-state index contributed by atoms with van der Waals surface area (Å²) in [7, 11) is 0. The van der Waals surface area contributed by atoms with E-state index in [4.69, 9.17) is 4.42 Å². The van der Waals surface area contributed by atoms with Crippen LogP contribution in [0.1, 0.15) is 54.4 Å². The average molecular weight is 492 g/mol. The Kier molecular flexibility index (Phi) is 6.43. The van der Waals surface area contributed by atoms with E-state index in [2.05, 4.69) is 20.4 Å². The van der Waals surface area contributed by atoms with Crippen molar-refractivity contribution in [3.8, 4) is 28.6 Å². The smallest absolute Gasteiger partial charge is 0.348 e. The van der Waals surface area contributed by atoms with Crippen LogP contribution in [0.15, 0.2) is 45.6 Å². The van der Waals surface area contributed by atoms with Gasteiger partial charge in [0.1, 0.15) is 11.5 Å². The molecular weight excluding hydrogens is 468 g/mol. The van der Waals surface area contributed by atoms with Gasteiger partial charge in [-0.05, 0) is 35.2 Å². The number of aromatic hydroxyl groups is 2. The fourth-order valence-corrected chi connectivity index (χ4v) is 3.71. The van der Waals surface area contributed by atoms with Gasteiger partial charge in [0.25, 0.3) is 0 Å². The monoisotopic (exact) mass is 492 g/mol. The van der Waals surface area contributed by atoms with Gasteiger partial charge in [0, 0.05) is 19.9 Å². The van der Waals surface area contributed by atoms with Gasteiger partial charge in [-0.2, -0.15) is 5.10 Å². The minimum Gasteiger partial charge on any atom is -0.508 e. The maximum absolute atomic E-state index is 12.6. The third-order valence-electron chi connectivity index (χ3n) is 5.55. The van der Waals surface area contributed by atoms with Gasteiger partial charge < -0.3 is 14.6 Å². The Balaban J connectivity index is 1.66. The Morgan fingerprint density at radius 3 is 2.39 bits per heavy atom. The first-order chi connectivity index (χ1) is 17.1. The molecule has 36 heavy (non-hydrogen) atoms. The highest BCUT2D eigenvalue weighted by molar-refractivity contribution is 6.01. The fourth-order valence-electron chi connectivity index (χ4n) is 3.71. The highest BCUT2D eigenvalue weighted by Crippen LogP contribution is 2.37. The molecule has 0 saturated carbocycles. The summed E-state index contributed by atoms with van der Waals surface area (Å²) >= 11 is 0. The van der Waals surface area contributed by atoms with Crippen LogP contribution >= 0.6 is 0 Å². The maximum atomic E-state index is 12.6. The zero-order valence-electron chi connectivity index (χ0n) is 20.0. The number of benzene rings is 2. The lowest BCUT2D eigenvalue weighted by molar-refractivity contribution is -0.126. The zero-order valence-corrected chi connectivity index (χ0v) is 20.0. The largest absolute Gasteiger partial charge is 0.508 e. The van der Waals surface area contributed by atoms with Crippen LogP contribution in [0.5, 0.6) is 11.5 Å². The summed E-state index contributed by atoms with van der Waals surface area (Å²) in [6.07, 6.45) is 0. The zero-order chi connectivity index (χ0) is 26.1. The number of aryl methyl sites for hydroxylation is 1. The molecule has 12 nitrogen and oxygen atoms in total. The van der Waals surface area contributed by atoms with E-state index in [0.29, 0.717) is 16.8 Å². The Hall–Kier alpha value is -4.74. The summed E-state index contributed by atoms with van der Waals surface area (Å²) in [5.41, 5.74) is 1.35. The molecule has 4 rings (SSSR count). The summed E-state index contributed by atoms with van der Waals surface area (Å²) in [4.78, 5) is 38.3. The minimum absolute atomic E-state index is 0.0363. The van der Waals surface area contributed by atoms with Crippen molar-refractivity contribution in [1.82, 2.24) is 29.9 Å². The number of nitrogens with zero attached hydrogens (tertiary/aromatic N) is 5. The van der Waals surface area contributed by atoms with E-state index in [-0.39, 0.29) is 47.1 Å². The van der Waals surface area contributed by atoms with Crippen LogP contribution in [-0.4, -0.2) is 51.9 Å². The number of phenolic OH excluding ortho intramolecular Hbond substituents is 2. The predicted molar refractivity (Wildman–Crippen MR) is 127 cm³/mol. The van der Waals surface area contributed by atoms with Crippen LogP contribution in [0, 0.1) is 6.92 Å². The summed E-state index contributed by atoms with van der Waals surface area (Å²) in [5, 5.41) is 34.4. The number of H-pyrrole nitrogens is 1. The van der Waals surface area contributed by atoms with Crippen molar-refractivity contribution in [1.29, 1.82) is 0 Å². The van der Waals surface area contributed by atoms with Crippen LogP contribution in [0.2, 0.25) is 0 Å². The Morgan fingerprint density at radius 2 is 1.81 bits per heavy atom. The number of aromatic amines is 1. The van der Waals surface area contributed by atoms with Crippen LogP contribution in [0.4, 0.5) is 0 Å². The lowest BCUT2D eigenvalue weighted by Crippen LogP contribution is -2.34. The highest BCUT2D eigenvalue weighted by Gasteiger charge is 2.25. The Bertz CT molecular complexity index is 1500. The van der Waals surface area contributed by atoms with Crippen molar-refractivity contribution in [3.63, 3.8) is 0 Å². The molecule has 0 saturated heterocycles. The van der Waals surface area contributed by atoms with Crippen molar-refractivity contribution < 1.29 is 24.2 Å².